The minimum atomic E-state index is -4.03. The van der Waals surface area contributed by atoms with Gasteiger partial charge in [0.05, 0.1) is 9.79 Å². The summed E-state index contributed by atoms with van der Waals surface area (Å²) in [6.07, 6.45) is 3.07. The van der Waals surface area contributed by atoms with Crippen LogP contribution < -0.4 is 0 Å². The molecule has 10 heteroatoms. The lowest BCUT2D eigenvalue weighted by Gasteiger charge is -2.17. The molecule has 7 nitrogen and oxygen atoms in total. The van der Waals surface area contributed by atoms with Crippen LogP contribution in [0.15, 0.2) is 93.6 Å². The van der Waals surface area contributed by atoms with Crippen molar-refractivity contribution in [2.45, 2.75) is 23.6 Å². The molecule has 37 heavy (non-hydrogen) atoms. The quantitative estimate of drug-likeness (QED) is 0.262. The third kappa shape index (κ3) is 4.29. The zero-order valence-corrected chi connectivity index (χ0v) is 22.9. The van der Waals surface area contributed by atoms with Crippen LogP contribution in [-0.2, 0) is 20.0 Å². The summed E-state index contributed by atoms with van der Waals surface area (Å²) in [5.74, 6) is 0. The standard InChI is InChI=1S/C27H25N3O4S3/c1-4-29(3)37(33,34)25-8-6-5-7-23(25)24-17-30(36(31,32)21-11-9-19(2)10-12-21)27-26(24)22(13-15-28-27)20-14-16-35-18-20/h5-18H,4H2,1-3H3. The lowest BCUT2D eigenvalue weighted by molar-refractivity contribution is 0.486. The van der Waals surface area contributed by atoms with E-state index in [0.717, 1.165) is 20.7 Å². The summed E-state index contributed by atoms with van der Waals surface area (Å²) in [6.45, 7) is 3.94. The second-order valence-corrected chi connectivity index (χ2v) is 13.2. The van der Waals surface area contributed by atoms with E-state index in [9.17, 15) is 16.8 Å². The highest BCUT2D eigenvalue weighted by molar-refractivity contribution is 7.90. The molecule has 0 saturated heterocycles. The zero-order valence-electron chi connectivity index (χ0n) is 20.5. The summed E-state index contributed by atoms with van der Waals surface area (Å²) in [5.41, 5.74) is 3.73. The van der Waals surface area contributed by atoms with Gasteiger partial charge in [0, 0.05) is 42.5 Å². The van der Waals surface area contributed by atoms with Gasteiger partial charge in [-0.2, -0.15) is 11.3 Å². The Bertz CT molecular complexity index is 1810. The number of hydrogen-bond donors (Lipinski definition) is 0. The maximum Gasteiger partial charge on any atom is 0.269 e. The molecule has 0 fully saturated rings. The normalized spacial score (nSPS) is 12.4. The Kier molecular flexibility index (Phi) is 6.53. The van der Waals surface area contributed by atoms with Gasteiger partial charge >= 0.3 is 0 Å². The van der Waals surface area contributed by atoms with Crippen LogP contribution in [0.25, 0.3) is 33.3 Å². The number of thiophene rings is 1. The van der Waals surface area contributed by atoms with Gasteiger partial charge < -0.3 is 0 Å². The molecule has 5 rings (SSSR count). The number of nitrogens with zero attached hydrogens (tertiary/aromatic N) is 3. The summed E-state index contributed by atoms with van der Waals surface area (Å²) in [6, 6.07) is 17.1. The SMILES string of the molecule is CCN(C)S(=O)(=O)c1ccccc1-c1cn(S(=O)(=O)c2ccc(C)cc2)c2nccc(-c3ccsc3)c12. The van der Waals surface area contributed by atoms with Crippen LogP contribution in [0.2, 0.25) is 0 Å². The Morgan fingerprint density at radius 1 is 0.919 bits per heavy atom. The first-order valence-corrected chi connectivity index (χ1v) is 15.4. The molecule has 0 unspecified atom stereocenters. The van der Waals surface area contributed by atoms with Crippen molar-refractivity contribution in [1.29, 1.82) is 0 Å². The fourth-order valence-corrected chi connectivity index (χ4v) is 7.60. The number of aryl methyl sites for hydroxylation is 1. The van der Waals surface area contributed by atoms with Crippen molar-refractivity contribution < 1.29 is 16.8 Å². The Morgan fingerprint density at radius 3 is 2.32 bits per heavy atom. The highest BCUT2D eigenvalue weighted by atomic mass is 32.2. The Morgan fingerprint density at radius 2 is 1.65 bits per heavy atom. The van der Waals surface area contributed by atoms with Crippen molar-refractivity contribution in [2.24, 2.45) is 0 Å². The highest BCUT2D eigenvalue weighted by Crippen LogP contribution is 2.41. The zero-order chi connectivity index (χ0) is 26.4. The van der Waals surface area contributed by atoms with Gasteiger partial charge in [-0.05, 0) is 59.1 Å². The summed E-state index contributed by atoms with van der Waals surface area (Å²) in [5, 5.41) is 4.48. The summed E-state index contributed by atoms with van der Waals surface area (Å²) >= 11 is 1.52. The molecule has 3 aromatic heterocycles. The number of sulfonamides is 1. The molecule has 0 bridgehead atoms. The summed E-state index contributed by atoms with van der Waals surface area (Å²) in [7, 11) is -6.33. The highest BCUT2D eigenvalue weighted by Gasteiger charge is 2.29. The van der Waals surface area contributed by atoms with Crippen LogP contribution >= 0.6 is 11.3 Å². The molecule has 5 aromatic rings. The van der Waals surface area contributed by atoms with E-state index in [-0.39, 0.29) is 15.4 Å². The third-order valence-corrected chi connectivity index (χ3v) is 10.7. The van der Waals surface area contributed by atoms with Crippen molar-refractivity contribution in [2.75, 3.05) is 13.6 Å². The molecular formula is C27H25N3O4S3. The van der Waals surface area contributed by atoms with Gasteiger partial charge in [-0.25, -0.2) is 30.1 Å². The first-order valence-electron chi connectivity index (χ1n) is 11.6. The average molecular weight is 552 g/mol. The summed E-state index contributed by atoms with van der Waals surface area (Å²) < 4.78 is 57.0. The van der Waals surface area contributed by atoms with Crippen LogP contribution in [0.5, 0.6) is 0 Å². The lowest BCUT2D eigenvalue weighted by atomic mass is 9.99. The molecular weight excluding hydrogens is 527 g/mol. The van der Waals surface area contributed by atoms with Crippen LogP contribution in [0.1, 0.15) is 12.5 Å². The number of hydrogen-bond acceptors (Lipinski definition) is 6. The van der Waals surface area contributed by atoms with Crippen LogP contribution in [0, 0.1) is 6.92 Å². The maximum absolute atomic E-state index is 13.8. The fourth-order valence-electron chi connectivity index (χ4n) is 4.25. The lowest BCUT2D eigenvalue weighted by Crippen LogP contribution is -2.27. The van der Waals surface area contributed by atoms with Crippen LogP contribution in [0.4, 0.5) is 0 Å². The molecule has 0 aliphatic rings. The second kappa shape index (κ2) is 9.53. The number of fused-ring (bicyclic) bond motifs is 1. The molecule has 2 aromatic carbocycles. The number of pyridine rings is 1. The first-order chi connectivity index (χ1) is 17.7. The van der Waals surface area contributed by atoms with Gasteiger partial charge in [-0.1, -0.05) is 42.8 Å². The van der Waals surface area contributed by atoms with E-state index in [1.54, 1.807) is 61.7 Å². The molecule has 0 saturated carbocycles. The smallest absolute Gasteiger partial charge is 0.237 e. The van der Waals surface area contributed by atoms with Gasteiger partial charge in [-0.3, -0.25) is 0 Å². The fraction of sp³-hybridized carbons (Fsp3) is 0.148. The van der Waals surface area contributed by atoms with Crippen molar-refractivity contribution >= 4 is 42.4 Å². The molecule has 0 aliphatic heterocycles. The van der Waals surface area contributed by atoms with E-state index in [1.807, 2.05) is 29.8 Å². The molecule has 0 amide bonds. The number of aromatic nitrogens is 2. The Labute approximate surface area is 220 Å². The van der Waals surface area contributed by atoms with Crippen molar-refractivity contribution in [3.05, 3.63) is 89.4 Å². The predicted molar refractivity (Wildman–Crippen MR) is 148 cm³/mol. The minimum absolute atomic E-state index is 0.103. The van der Waals surface area contributed by atoms with Crippen molar-refractivity contribution in [3.8, 4) is 22.3 Å². The van der Waals surface area contributed by atoms with E-state index in [1.165, 1.54) is 28.9 Å². The van der Waals surface area contributed by atoms with Crippen molar-refractivity contribution in [3.63, 3.8) is 0 Å². The number of rotatable bonds is 7. The number of benzene rings is 2. The van der Waals surface area contributed by atoms with E-state index in [0.29, 0.717) is 23.1 Å². The molecule has 3 heterocycles. The van der Waals surface area contributed by atoms with E-state index in [4.69, 9.17) is 0 Å². The van der Waals surface area contributed by atoms with Gasteiger partial charge in [-0.15, -0.1) is 0 Å². The first kappa shape index (κ1) is 25.3. The van der Waals surface area contributed by atoms with Gasteiger partial charge in [0.1, 0.15) is 0 Å². The largest absolute Gasteiger partial charge is 0.269 e. The Hall–Kier alpha value is -3.31. The maximum atomic E-state index is 13.8. The monoisotopic (exact) mass is 551 g/mol. The molecule has 0 spiro atoms. The topological polar surface area (TPSA) is 89.3 Å². The van der Waals surface area contributed by atoms with E-state index in [2.05, 4.69) is 4.98 Å². The van der Waals surface area contributed by atoms with Crippen LogP contribution in [-0.4, -0.2) is 43.7 Å². The minimum Gasteiger partial charge on any atom is -0.237 e. The Balaban J connectivity index is 1.88. The molecule has 0 radical (unpaired) electrons. The average Bonchev–Trinajstić information content (AvgIpc) is 3.57. The molecule has 190 valence electrons. The van der Waals surface area contributed by atoms with E-state index >= 15 is 0 Å². The summed E-state index contributed by atoms with van der Waals surface area (Å²) in [4.78, 5) is 4.70. The molecule has 0 N–H and O–H groups in total. The molecule has 0 atom stereocenters. The third-order valence-electron chi connectivity index (χ3n) is 6.38. The van der Waals surface area contributed by atoms with Gasteiger partial charge in [0.2, 0.25) is 10.0 Å². The van der Waals surface area contributed by atoms with Crippen LogP contribution in [0.3, 0.4) is 0 Å². The van der Waals surface area contributed by atoms with E-state index < -0.39 is 20.0 Å². The van der Waals surface area contributed by atoms with Gasteiger partial charge in [0.15, 0.2) is 5.65 Å². The van der Waals surface area contributed by atoms with Gasteiger partial charge in [0.25, 0.3) is 10.0 Å². The molecule has 0 aliphatic carbocycles. The predicted octanol–water partition coefficient (Wildman–Crippen LogP) is 5.62. The van der Waals surface area contributed by atoms with Crippen molar-refractivity contribution in [1.82, 2.24) is 13.3 Å². The second-order valence-electron chi connectivity index (χ2n) is 8.64.